The molecule has 2 amide bonds. The van der Waals surface area contributed by atoms with Crippen molar-refractivity contribution in [1.29, 1.82) is 0 Å². The fourth-order valence-corrected chi connectivity index (χ4v) is 3.91. The Morgan fingerprint density at radius 3 is 2.70 bits per heavy atom. The van der Waals surface area contributed by atoms with E-state index in [9.17, 15) is 4.79 Å². The van der Waals surface area contributed by atoms with Gasteiger partial charge in [0.05, 0.1) is 0 Å². The van der Waals surface area contributed by atoms with Crippen molar-refractivity contribution in [1.82, 2.24) is 4.90 Å². The molecule has 1 heterocycles. The maximum atomic E-state index is 12.5. The predicted octanol–water partition coefficient (Wildman–Crippen LogP) is 4.52. The number of benzene rings is 1. The third-order valence-corrected chi connectivity index (χ3v) is 4.93. The Labute approximate surface area is 125 Å². The summed E-state index contributed by atoms with van der Waals surface area (Å²) in [5.41, 5.74) is 0.811. The number of carbonyl (C=O) groups is 1. The summed E-state index contributed by atoms with van der Waals surface area (Å²) in [7, 11) is 0. The Bertz CT molecular complexity index is 488. The number of urea groups is 1. The van der Waals surface area contributed by atoms with E-state index >= 15 is 0 Å². The maximum absolute atomic E-state index is 12.5. The van der Waals surface area contributed by atoms with Crippen LogP contribution in [0.5, 0.6) is 0 Å². The number of nitrogens with one attached hydrogen (secondary N) is 1. The molecular weight excluding hydrogens is 272 g/mol. The minimum Gasteiger partial charge on any atom is -0.319 e. The largest absolute Gasteiger partial charge is 0.322 e. The molecule has 3 rings (SSSR count). The van der Waals surface area contributed by atoms with E-state index in [-0.39, 0.29) is 6.03 Å². The molecule has 1 aliphatic carbocycles. The summed E-state index contributed by atoms with van der Waals surface area (Å²) in [6.45, 7) is 2.17. The summed E-state index contributed by atoms with van der Waals surface area (Å²) in [5.74, 6) is 0.703. The van der Waals surface area contributed by atoms with Gasteiger partial charge in [-0.05, 0) is 56.4 Å². The summed E-state index contributed by atoms with van der Waals surface area (Å²) in [6, 6.07) is 8.11. The molecule has 20 heavy (non-hydrogen) atoms. The van der Waals surface area contributed by atoms with Gasteiger partial charge < -0.3 is 10.2 Å². The number of amides is 2. The minimum absolute atomic E-state index is 0.0363. The van der Waals surface area contributed by atoms with Gasteiger partial charge >= 0.3 is 6.03 Å². The highest BCUT2D eigenvalue weighted by molar-refractivity contribution is 6.30. The van der Waals surface area contributed by atoms with Crippen molar-refractivity contribution < 1.29 is 4.79 Å². The van der Waals surface area contributed by atoms with E-state index in [1.807, 2.05) is 12.1 Å². The van der Waals surface area contributed by atoms with Crippen molar-refractivity contribution in [2.24, 2.45) is 5.92 Å². The van der Waals surface area contributed by atoms with Crippen LogP contribution in [-0.2, 0) is 0 Å². The lowest BCUT2D eigenvalue weighted by molar-refractivity contribution is 0.168. The number of halogens is 1. The molecule has 0 bridgehead atoms. The van der Waals surface area contributed by atoms with Crippen LogP contribution in [0.3, 0.4) is 0 Å². The van der Waals surface area contributed by atoms with Gasteiger partial charge in [-0.15, -0.1) is 0 Å². The van der Waals surface area contributed by atoms with E-state index in [0.717, 1.165) is 18.5 Å². The van der Waals surface area contributed by atoms with Crippen LogP contribution in [0.15, 0.2) is 24.3 Å². The number of likely N-dealkylation sites (tertiary alicyclic amines) is 1. The lowest BCUT2D eigenvalue weighted by Crippen LogP contribution is -2.44. The van der Waals surface area contributed by atoms with Crippen LogP contribution in [0.1, 0.15) is 39.0 Å². The molecule has 2 aliphatic rings. The lowest BCUT2D eigenvalue weighted by Gasteiger charge is -2.33. The van der Waals surface area contributed by atoms with Gasteiger partial charge in [-0.2, -0.15) is 0 Å². The molecule has 0 spiro atoms. The van der Waals surface area contributed by atoms with Crippen LogP contribution in [0.2, 0.25) is 5.02 Å². The number of fused-ring (bicyclic) bond motifs is 1. The van der Waals surface area contributed by atoms with Crippen molar-refractivity contribution >= 4 is 23.3 Å². The summed E-state index contributed by atoms with van der Waals surface area (Å²) >= 11 is 5.87. The fraction of sp³-hybridized carbons (Fsp3) is 0.562. The van der Waals surface area contributed by atoms with Gasteiger partial charge in [-0.1, -0.05) is 24.4 Å². The number of hydrogen-bond donors (Lipinski definition) is 1. The van der Waals surface area contributed by atoms with Gasteiger partial charge in [-0.25, -0.2) is 4.79 Å². The molecule has 1 saturated heterocycles. The van der Waals surface area contributed by atoms with Gasteiger partial charge in [0.2, 0.25) is 0 Å². The monoisotopic (exact) mass is 292 g/mol. The second-order valence-electron chi connectivity index (χ2n) is 6.04. The highest BCUT2D eigenvalue weighted by Crippen LogP contribution is 2.39. The highest BCUT2D eigenvalue weighted by Gasteiger charge is 2.42. The number of anilines is 1. The Hall–Kier alpha value is -1.22. The first-order valence-electron chi connectivity index (χ1n) is 7.50. The first-order valence-corrected chi connectivity index (χ1v) is 7.88. The van der Waals surface area contributed by atoms with E-state index in [1.165, 1.54) is 19.3 Å². The smallest absolute Gasteiger partial charge is 0.319 e. The average molecular weight is 293 g/mol. The van der Waals surface area contributed by atoms with Crippen molar-refractivity contribution in [3.05, 3.63) is 29.3 Å². The molecule has 0 unspecified atom stereocenters. The Kier molecular flexibility index (Phi) is 3.88. The molecule has 0 radical (unpaired) electrons. The molecule has 0 aromatic heterocycles. The lowest BCUT2D eigenvalue weighted by atomic mass is 9.85. The summed E-state index contributed by atoms with van der Waals surface area (Å²) in [4.78, 5) is 14.6. The van der Waals surface area contributed by atoms with Crippen LogP contribution in [-0.4, -0.2) is 23.0 Å². The number of hydrogen-bond acceptors (Lipinski definition) is 1. The molecule has 4 heteroatoms. The molecule has 108 valence electrons. The van der Waals surface area contributed by atoms with Gasteiger partial charge in [-0.3, -0.25) is 0 Å². The SMILES string of the molecule is C[C@@H]1C[C@H]2CCCC[C@H]2N1C(=O)Nc1ccc(Cl)cc1. The number of carbonyl (C=O) groups excluding carboxylic acids is 1. The topological polar surface area (TPSA) is 32.3 Å². The van der Waals surface area contributed by atoms with E-state index in [1.54, 1.807) is 12.1 Å². The van der Waals surface area contributed by atoms with E-state index < -0.39 is 0 Å². The zero-order valence-electron chi connectivity index (χ0n) is 11.8. The average Bonchev–Trinajstić information content (AvgIpc) is 2.77. The van der Waals surface area contributed by atoms with Crippen LogP contribution in [0.4, 0.5) is 10.5 Å². The molecule has 1 N–H and O–H groups in total. The Morgan fingerprint density at radius 1 is 1.25 bits per heavy atom. The zero-order chi connectivity index (χ0) is 14.1. The molecule has 1 saturated carbocycles. The molecular formula is C16H21ClN2O. The standard InChI is InChI=1S/C16H21ClN2O/c1-11-10-12-4-2-3-5-15(12)19(11)16(20)18-14-8-6-13(17)7-9-14/h6-9,11-12,15H,2-5,10H2,1H3,(H,18,20)/t11-,12-,15-/m1/s1. The van der Waals surface area contributed by atoms with Crippen molar-refractivity contribution in [3.8, 4) is 0 Å². The summed E-state index contributed by atoms with van der Waals surface area (Å²) < 4.78 is 0. The molecule has 1 aliphatic heterocycles. The second kappa shape index (κ2) is 5.65. The number of nitrogens with zero attached hydrogens (tertiary/aromatic N) is 1. The minimum atomic E-state index is 0.0363. The van der Waals surface area contributed by atoms with Crippen LogP contribution in [0, 0.1) is 5.92 Å². The van der Waals surface area contributed by atoms with Crippen molar-refractivity contribution in [3.63, 3.8) is 0 Å². The summed E-state index contributed by atoms with van der Waals surface area (Å²) in [6.07, 6.45) is 6.15. The molecule has 1 aromatic carbocycles. The zero-order valence-corrected chi connectivity index (χ0v) is 12.6. The van der Waals surface area contributed by atoms with Crippen LogP contribution < -0.4 is 5.32 Å². The number of rotatable bonds is 1. The predicted molar refractivity (Wildman–Crippen MR) is 82.1 cm³/mol. The van der Waals surface area contributed by atoms with E-state index in [0.29, 0.717) is 23.0 Å². The van der Waals surface area contributed by atoms with E-state index in [2.05, 4.69) is 17.1 Å². The molecule has 3 atom stereocenters. The fourth-order valence-electron chi connectivity index (χ4n) is 3.78. The van der Waals surface area contributed by atoms with Crippen molar-refractivity contribution in [2.75, 3.05) is 5.32 Å². The normalized spacial score (nSPS) is 29.1. The highest BCUT2D eigenvalue weighted by atomic mass is 35.5. The second-order valence-corrected chi connectivity index (χ2v) is 6.48. The third kappa shape index (κ3) is 2.64. The maximum Gasteiger partial charge on any atom is 0.322 e. The quantitative estimate of drug-likeness (QED) is 0.810. The first kappa shape index (κ1) is 13.7. The van der Waals surface area contributed by atoms with Gasteiger partial charge in [0.15, 0.2) is 0 Å². The Morgan fingerprint density at radius 2 is 1.95 bits per heavy atom. The van der Waals surface area contributed by atoms with Crippen molar-refractivity contribution in [2.45, 2.75) is 51.1 Å². The first-order chi connectivity index (χ1) is 9.65. The van der Waals surface area contributed by atoms with Gasteiger partial charge in [0.25, 0.3) is 0 Å². The van der Waals surface area contributed by atoms with Crippen LogP contribution in [0.25, 0.3) is 0 Å². The van der Waals surface area contributed by atoms with Gasteiger partial charge in [0, 0.05) is 22.8 Å². The third-order valence-electron chi connectivity index (χ3n) is 4.67. The van der Waals surface area contributed by atoms with E-state index in [4.69, 9.17) is 11.6 Å². The Balaban J connectivity index is 1.71. The van der Waals surface area contributed by atoms with Crippen LogP contribution >= 0.6 is 11.6 Å². The molecule has 1 aromatic rings. The summed E-state index contributed by atoms with van der Waals surface area (Å²) in [5, 5.41) is 3.69. The molecule has 2 fully saturated rings. The van der Waals surface area contributed by atoms with Gasteiger partial charge in [0.1, 0.15) is 0 Å². The molecule has 3 nitrogen and oxygen atoms in total.